The molecule has 1 atom stereocenters. The molecule has 0 saturated carbocycles. The van der Waals surface area contributed by atoms with Crippen LogP contribution in [0.4, 0.5) is 14.3 Å². The standard InChI is InChI=1S/C13H11FN6O2S/c1-7-16-11(20-22-7)10(8-4-2-3-5-9(8)14)17-12(21)18-13-19-15-6-23-13/h2-6,10H,1H3,(H2,17,18,19,21)/t10-/m1/s1. The molecule has 10 heteroatoms. The van der Waals surface area contributed by atoms with Gasteiger partial charge in [-0.15, -0.1) is 10.2 Å². The average molecular weight is 334 g/mol. The molecule has 0 aliphatic heterocycles. The Kier molecular flexibility index (Phi) is 4.24. The molecule has 0 aliphatic carbocycles. The predicted molar refractivity (Wildman–Crippen MR) is 79.3 cm³/mol. The van der Waals surface area contributed by atoms with E-state index >= 15 is 0 Å². The lowest BCUT2D eigenvalue weighted by molar-refractivity contribution is 0.249. The highest BCUT2D eigenvalue weighted by molar-refractivity contribution is 7.13. The van der Waals surface area contributed by atoms with Crippen LogP contribution in [0, 0.1) is 12.7 Å². The van der Waals surface area contributed by atoms with E-state index < -0.39 is 17.9 Å². The van der Waals surface area contributed by atoms with Crippen molar-refractivity contribution in [2.45, 2.75) is 13.0 Å². The average Bonchev–Trinajstić information content (AvgIpc) is 3.17. The molecule has 0 saturated heterocycles. The molecule has 0 unspecified atom stereocenters. The van der Waals surface area contributed by atoms with E-state index in [9.17, 15) is 9.18 Å². The van der Waals surface area contributed by atoms with Crippen molar-refractivity contribution in [3.05, 3.63) is 52.9 Å². The molecule has 2 N–H and O–H groups in total. The van der Waals surface area contributed by atoms with Gasteiger partial charge in [-0.1, -0.05) is 34.7 Å². The third kappa shape index (κ3) is 3.48. The Morgan fingerprint density at radius 3 is 2.87 bits per heavy atom. The molecule has 0 radical (unpaired) electrons. The van der Waals surface area contributed by atoms with Crippen molar-refractivity contribution in [2.75, 3.05) is 5.32 Å². The Balaban J connectivity index is 1.86. The minimum Gasteiger partial charge on any atom is -0.340 e. The summed E-state index contributed by atoms with van der Waals surface area (Å²) in [4.78, 5) is 16.2. The van der Waals surface area contributed by atoms with Crippen LogP contribution in [0.15, 0.2) is 34.3 Å². The molecule has 2 amide bonds. The second kappa shape index (κ2) is 6.48. The molecular formula is C13H11FN6O2S. The number of amides is 2. The number of anilines is 1. The number of carbonyl (C=O) groups is 1. The molecule has 0 bridgehead atoms. The molecule has 3 aromatic rings. The lowest BCUT2D eigenvalue weighted by atomic mass is 10.1. The van der Waals surface area contributed by atoms with E-state index in [1.54, 1.807) is 19.1 Å². The summed E-state index contributed by atoms with van der Waals surface area (Å²) >= 11 is 1.16. The zero-order chi connectivity index (χ0) is 16.2. The van der Waals surface area contributed by atoms with Gasteiger partial charge < -0.3 is 9.84 Å². The Morgan fingerprint density at radius 2 is 2.22 bits per heavy atom. The van der Waals surface area contributed by atoms with Crippen molar-refractivity contribution in [2.24, 2.45) is 0 Å². The molecule has 8 nitrogen and oxygen atoms in total. The lowest BCUT2D eigenvalue weighted by Gasteiger charge is -2.16. The summed E-state index contributed by atoms with van der Waals surface area (Å²) in [5, 5.41) is 16.5. The fraction of sp³-hybridized carbons (Fsp3) is 0.154. The van der Waals surface area contributed by atoms with E-state index in [1.165, 1.54) is 17.6 Å². The van der Waals surface area contributed by atoms with E-state index in [4.69, 9.17) is 4.52 Å². The van der Waals surface area contributed by atoms with Crippen molar-refractivity contribution in [1.29, 1.82) is 0 Å². The van der Waals surface area contributed by atoms with Crippen molar-refractivity contribution in [1.82, 2.24) is 25.7 Å². The van der Waals surface area contributed by atoms with E-state index in [0.717, 1.165) is 11.3 Å². The number of aryl methyl sites for hydroxylation is 1. The number of rotatable bonds is 4. The summed E-state index contributed by atoms with van der Waals surface area (Å²) < 4.78 is 19.0. The van der Waals surface area contributed by atoms with E-state index in [1.807, 2.05) is 0 Å². The molecule has 2 aromatic heterocycles. The van der Waals surface area contributed by atoms with Gasteiger partial charge in [-0.3, -0.25) is 5.32 Å². The first-order valence-corrected chi connectivity index (χ1v) is 7.40. The highest BCUT2D eigenvalue weighted by Gasteiger charge is 2.24. The number of hydrogen-bond acceptors (Lipinski definition) is 7. The minimum atomic E-state index is -0.901. The van der Waals surface area contributed by atoms with Crippen LogP contribution in [0.3, 0.4) is 0 Å². The molecule has 118 valence electrons. The molecule has 0 aliphatic rings. The van der Waals surface area contributed by atoms with Crippen LogP contribution in [0.1, 0.15) is 23.3 Å². The van der Waals surface area contributed by atoms with Crippen molar-refractivity contribution >= 4 is 22.5 Å². The Hall–Kier alpha value is -2.88. The number of nitrogens with zero attached hydrogens (tertiary/aromatic N) is 4. The number of hydrogen-bond donors (Lipinski definition) is 2. The summed E-state index contributed by atoms with van der Waals surface area (Å²) in [6, 6.07) is 4.55. The summed E-state index contributed by atoms with van der Waals surface area (Å²) in [7, 11) is 0. The molecular weight excluding hydrogens is 323 g/mol. The number of benzene rings is 1. The predicted octanol–water partition coefficient (Wildman–Crippen LogP) is 2.28. The number of aromatic nitrogens is 4. The zero-order valence-electron chi connectivity index (χ0n) is 11.9. The van der Waals surface area contributed by atoms with Crippen LogP contribution in [0.25, 0.3) is 0 Å². The van der Waals surface area contributed by atoms with Gasteiger partial charge in [-0.2, -0.15) is 4.98 Å². The van der Waals surface area contributed by atoms with Gasteiger partial charge in [-0.05, 0) is 6.07 Å². The van der Waals surface area contributed by atoms with Gasteiger partial charge in [0.1, 0.15) is 17.4 Å². The SMILES string of the molecule is Cc1nc([C@H](NC(=O)Nc2nncs2)c2ccccc2F)no1. The van der Waals surface area contributed by atoms with Crippen LogP contribution in [0.5, 0.6) is 0 Å². The van der Waals surface area contributed by atoms with Gasteiger partial charge in [0.2, 0.25) is 11.0 Å². The summed E-state index contributed by atoms with van der Waals surface area (Å²) in [5.41, 5.74) is 1.70. The smallest absolute Gasteiger partial charge is 0.321 e. The monoisotopic (exact) mass is 334 g/mol. The normalized spacial score (nSPS) is 11.9. The first-order valence-electron chi connectivity index (χ1n) is 6.52. The third-order valence-corrected chi connectivity index (χ3v) is 3.48. The summed E-state index contributed by atoms with van der Waals surface area (Å²) in [6.07, 6.45) is 0. The van der Waals surface area contributed by atoms with Crippen molar-refractivity contribution in [3.8, 4) is 0 Å². The maximum Gasteiger partial charge on any atom is 0.321 e. The number of halogens is 1. The van der Waals surface area contributed by atoms with Crippen molar-refractivity contribution < 1.29 is 13.7 Å². The third-order valence-electron chi connectivity index (χ3n) is 2.87. The molecule has 23 heavy (non-hydrogen) atoms. The maximum atomic E-state index is 14.1. The van der Waals surface area contributed by atoms with Crippen LogP contribution in [-0.2, 0) is 0 Å². The van der Waals surface area contributed by atoms with Crippen LogP contribution < -0.4 is 10.6 Å². The minimum absolute atomic E-state index is 0.153. The Morgan fingerprint density at radius 1 is 1.39 bits per heavy atom. The first kappa shape index (κ1) is 15.0. The van der Waals surface area contributed by atoms with Crippen molar-refractivity contribution in [3.63, 3.8) is 0 Å². The lowest BCUT2D eigenvalue weighted by Crippen LogP contribution is -2.34. The quantitative estimate of drug-likeness (QED) is 0.758. The first-order chi connectivity index (χ1) is 11.1. The molecule has 1 aromatic carbocycles. The fourth-order valence-corrected chi connectivity index (χ4v) is 2.35. The number of urea groups is 1. The van der Waals surface area contributed by atoms with Gasteiger partial charge in [0.25, 0.3) is 0 Å². The summed E-state index contributed by atoms with van der Waals surface area (Å²) in [5.74, 6) is -0.0242. The maximum absolute atomic E-state index is 14.1. The zero-order valence-corrected chi connectivity index (χ0v) is 12.7. The Bertz CT molecular complexity index is 806. The number of carbonyl (C=O) groups excluding carboxylic acids is 1. The van der Waals surface area contributed by atoms with Gasteiger partial charge >= 0.3 is 6.03 Å². The largest absolute Gasteiger partial charge is 0.340 e. The molecule has 3 rings (SSSR count). The van der Waals surface area contributed by atoms with E-state index in [0.29, 0.717) is 11.0 Å². The van der Waals surface area contributed by atoms with E-state index in [2.05, 4.69) is 31.0 Å². The van der Waals surface area contributed by atoms with Gasteiger partial charge in [0.15, 0.2) is 5.82 Å². The number of nitrogens with one attached hydrogen (secondary N) is 2. The van der Waals surface area contributed by atoms with Crippen LogP contribution in [0.2, 0.25) is 0 Å². The van der Waals surface area contributed by atoms with E-state index in [-0.39, 0.29) is 11.4 Å². The highest BCUT2D eigenvalue weighted by Crippen LogP contribution is 2.22. The topological polar surface area (TPSA) is 106 Å². The molecule has 2 heterocycles. The second-order valence-electron chi connectivity index (χ2n) is 4.47. The second-order valence-corrected chi connectivity index (χ2v) is 5.30. The Labute approximate surface area is 133 Å². The van der Waals surface area contributed by atoms with Gasteiger partial charge in [0, 0.05) is 12.5 Å². The fourth-order valence-electron chi connectivity index (χ4n) is 1.91. The highest BCUT2D eigenvalue weighted by atomic mass is 32.1. The van der Waals surface area contributed by atoms with Gasteiger partial charge in [0.05, 0.1) is 0 Å². The van der Waals surface area contributed by atoms with Gasteiger partial charge in [-0.25, -0.2) is 9.18 Å². The van der Waals surface area contributed by atoms with Crippen LogP contribution in [-0.4, -0.2) is 26.4 Å². The summed E-state index contributed by atoms with van der Waals surface area (Å²) in [6.45, 7) is 1.61. The van der Waals surface area contributed by atoms with Crippen LogP contribution >= 0.6 is 11.3 Å². The molecule has 0 spiro atoms. The molecule has 0 fully saturated rings.